The molecule has 2 N–H and O–H groups in total. The first kappa shape index (κ1) is 15.3. The molecule has 0 unspecified atom stereocenters. The Morgan fingerprint density at radius 3 is 2.38 bits per heavy atom. The summed E-state index contributed by atoms with van der Waals surface area (Å²) in [5.74, 6) is 0.0554. The number of amides is 2. The van der Waals surface area contributed by atoms with Gasteiger partial charge in [0, 0.05) is 30.9 Å². The molecule has 0 bridgehead atoms. The lowest BCUT2D eigenvalue weighted by Crippen LogP contribution is -2.43. The van der Waals surface area contributed by atoms with Crippen molar-refractivity contribution < 1.29 is 14.3 Å². The van der Waals surface area contributed by atoms with Crippen molar-refractivity contribution in [1.29, 1.82) is 0 Å². The molecule has 1 aliphatic heterocycles. The molecule has 0 aromatic heterocycles. The predicted octanol–water partition coefficient (Wildman–Crippen LogP) is 1.31. The molecular weight excluding hydrogens is 270 g/mol. The normalized spacial score (nSPS) is 14.6. The quantitative estimate of drug-likeness (QED) is 0.858. The van der Waals surface area contributed by atoms with Gasteiger partial charge in [0.25, 0.3) is 0 Å². The van der Waals surface area contributed by atoms with Gasteiger partial charge in [0.1, 0.15) is 0 Å². The minimum absolute atomic E-state index is 0.0156. The largest absolute Gasteiger partial charge is 0.378 e. The van der Waals surface area contributed by atoms with E-state index in [0.717, 1.165) is 11.4 Å². The lowest BCUT2D eigenvalue weighted by molar-refractivity contribution is -0.133. The van der Waals surface area contributed by atoms with Gasteiger partial charge in [-0.2, -0.15) is 0 Å². The van der Waals surface area contributed by atoms with Gasteiger partial charge in [0.05, 0.1) is 19.8 Å². The zero-order valence-corrected chi connectivity index (χ0v) is 12.2. The summed E-state index contributed by atoms with van der Waals surface area (Å²) in [5, 5.41) is 5.87. The van der Waals surface area contributed by atoms with Gasteiger partial charge >= 0.3 is 0 Å². The molecule has 6 nitrogen and oxygen atoms in total. The van der Waals surface area contributed by atoms with Crippen LogP contribution in [-0.2, 0) is 14.3 Å². The molecule has 21 heavy (non-hydrogen) atoms. The molecule has 1 fully saturated rings. The molecular formula is C15H21N3O3. The van der Waals surface area contributed by atoms with Gasteiger partial charge in [-0.15, -0.1) is 0 Å². The van der Waals surface area contributed by atoms with Gasteiger partial charge in [-0.1, -0.05) is 6.92 Å². The van der Waals surface area contributed by atoms with E-state index in [4.69, 9.17) is 4.74 Å². The Bertz CT molecular complexity index is 481. The number of ether oxygens (including phenoxy) is 1. The molecule has 1 saturated heterocycles. The Morgan fingerprint density at radius 1 is 1.14 bits per heavy atom. The summed E-state index contributed by atoms with van der Waals surface area (Å²) < 4.78 is 5.22. The molecule has 0 saturated carbocycles. The van der Waals surface area contributed by atoms with E-state index >= 15 is 0 Å². The van der Waals surface area contributed by atoms with E-state index in [1.165, 1.54) is 0 Å². The molecule has 1 aromatic rings. The maximum absolute atomic E-state index is 12.0. The number of hydrogen-bond donors (Lipinski definition) is 2. The highest BCUT2D eigenvalue weighted by Crippen LogP contribution is 2.13. The van der Waals surface area contributed by atoms with Crippen LogP contribution in [-0.4, -0.2) is 49.6 Å². The minimum atomic E-state index is -0.0156. The molecule has 1 aliphatic rings. The number of hydrogen-bond acceptors (Lipinski definition) is 4. The average Bonchev–Trinajstić information content (AvgIpc) is 2.54. The second-order valence-electron chi connectivity index (χ2n) is 4.83. The topological polar surface area (TPSA) is 70.7 Å². The van der Waals surface area contributed by atoms with E-state index in [1.54, 1.807) is 4.90 Å². The van der Waals surface area contributed by atoms with Gasteiger partial charge in [-0.3, -0.25) is 9.59 Å². The van der Waals surface area contributed by atoms with Crippen molar-refractivity contribution in [1.82, 2.24) is 4.90 Å². The Kier molecular flexibility index (Phi) is 5.57. The van der Waals surface area contributed by atoms with E-state index in [0.29, 0.717) is 32.7 Å². The van der Waals surface area contributed by atoms with Crippen LogP contribution in [0.25, 0.3) is 0 Å². The van der Waals surface area contributed by atoms with Crippen molar-refractivity contribution in [3.05, 3.63) is 24.3 Å². The van der Waals surface area contributed by atoms with Crippen LogP contribution in [0, 0.1) is 0 Å². The highest BCUT2D eigenvalue weighted by Gasteiger charge is 2.16. The van der Waals surface area contributed by atoms with Crippen LogP contribution in [0.3, 0.4) is 0 Å². The number of anilines is 2. The maximum Gasteiger partial charge on any atom is 0.242 e. The second kappa shape index (κ2) is 7.64. The lowest BCUT2D eigenvalue weighted by Gasteiger charge is -2.27. The molecule has 1 aromatic carbocycles. The summed E-state index contributed by atoms with van der Waals surface area (Å²) in [6.45, 7) is 4.60. The zero-order chi connectivity index (χ0) is 15.1. The predicted molar refractivity (Wildman–Crippen MR) is 81.3 cm³/mol. The van der Waals surface area contributed by atoms with Crippen molar-refractivity contribution in [3.8, 4) is 0 Å². The van der Waals surface area contributed by atoms with Crippen LogP contribution in [0.2, 0.25) is 0 Å². The molecule has 0 radical (unpaired) electrons. The van der Waals surface area contributed by atoms with Crippen LogP contribution < -0.4 is 10.6 Å². The number of rotatable bonds is 5. The van der Waals surface area contributed by atoms with E-state index in [-0.39, 0.29) is 18.4 Å². The van der Waals surface area contributed by atoms with E-state index in [9.17, 15) is 9.59 Å². The molecule has 1 heterocycles. The minimum Gasteiger partial charge on any atom is -0.378 e. The Morgan fingerprint density at radius 2 is 1.76 bits per heavy atom. The summed E-state index contributed by atoms with van der Waals surface area (Å²) >= 11 is 0. The Hall–Kier alpha value is -2.08. The van der Waals surface area contributed by atoms with E-state index in [2.05, 4.69) is 10.6 Å². The third-order valence-corrected chi connectivity index (χ3v) is 3.30. The SMILES string of the molecule is CCC(=O)Nc1ccc(NCC(=O)N2CCOCC2)cc1. The van der Waals surface area contributed by atoms with Crippen molar-refractivity contribution in [2.24, 2.45) is 0 Å². The second-order valence-corrected chi connectivity index (χ2v) is 4.83. The first-order valence-corrected chi connectivity index (χ1v) is 7.18. The smallest absolute Gasteiger partial charge is 0.242 e. The number of nitrogens with zero attached hydrogens (tertiary/aromatic N) is 1. The molecule has 0 spiro atoms. The third kappa shape index (κ3) is 4.75. The molecule has 6 heteroatoms. The number of carbonyl (C=O) groups excluding carboxylic acids is 2. The first-order chi connectivity index (χ1) is 10.2. The fraction of sp³-hybridized carbons (Fsp3) is 0.467. The Labute approximate surface area is 124 Å². The fourth-order valence-electron chi connectivity index (χ4n) is 2.02. The van der Waals surface area contributed by atoms with E-state index in [1.807, 2.05) is 31.2 Å². The monoisotopic (exact) mass is 291 g/mol. The number of carbonyl (C=O) groups is 2. The Balaban J connectivity index is 1.80. The van der Waals surface area contributed by atoms with E-state index < -0.39 is 0 Å². The molecule has 2 amide bonds. The first-order valence-electron chi connectivity index (χ1n) is 7.18. The van der Waals surface area contributed by atoms with Gasteiger partial charge in [-0.25, -0.2) is 0 Å². The summed E-state index contributed by atoms with van der Waals surface area (Å²) in [5.41, 5.74) is 1.61. The molecule has 2 rings (SSSR count). The highest BCUT2D eigenvalue weighted by molar-refractivity contribution is 5.90. The third-order valence-electron chi connectivity index (χ3n) is 3.30. The number of morpholine rings is 1. The average molecular weight is 291 g/mol. The highest BCUT2D eigenvalue weighted by atomic mass is 16.5. The summed E-state index contributed by atoms with van der Waals surface area (Å²) in [4.78, 5) is 25.0. The van der Waals surface area contributed by atoms with Crippen LogP contribution >= 0.6 is 0 Å². The van der Waals surface area contributed by atoms with Gasteiger partial charge in [0.2, 0.25) is 11.8 Å². The van der Waals surface area contributed by atoms with Crippen LogP contribution in [0.4, 0.5) is 11.4 Å². The van der Waals surface area contributed by atoms with Gasteiger partial charge in [0.15, 0.2) is 0 Å². The lowest BCUT2D eigenvalue weighted by atomic mass is 10.2. The standard InChI is InChI=1S/C15H21N3O3/c1-2-14(19)17-13-5-3-12(4-6-13)16-11-15(20)18-7-9-21-10-8-18/h3-6,16H,2,7-11H2,1H3,(H,17,19). The van der Waals surface area contributed by atoms with Crippen molar-refractivity contribution in [3.63, 3.8) is 0 Å². The van der Waals surface area contributed by atoms with Gasteiger partial charge < -0.3 is 20.3 Å². The summed E-state index contributed by atoms with van der Waals surface area (Å²) in [6, 6.07) is 7.32. The molecule has 0 aliphatic carbocycles. The number of nitrogens with one attached hydrogen (secondary N) is 2. The van der Waals surface area contributed by atoms with Crippen LogP contribution in [0.5, 0.6) is 0 Å². The van der Waals surface area contributed by atoms with Crippen LogP contribution in [0.15, 0.2) is 24.3 Å². The van der Waals surface area contributed by atoms with Crippen molar-refractivity contribution >= 4 is 23.2 Å². The summed E-state index contributed by atoms with van der Waals surface area (Å²) in [7, 11) is 0. The fourth-order valence-corrected chi connectivity index (χ4v) is 2.02. The maximum atomic E-state index is 12.0. The zero-order valence-electron chi connectivity index (χ0n) is 12.2. The molecule has 0 atom stereocenters. The van der Waals surface area contributed by atoms with Crippen LogP contribution in [0.1, 0.15) is 13.3 Å². The summed E-state index contributed by atoms with van der Waals surface area (Å²) in [6.07, 6.45) is 0.452. The number of benzene rings is 1. The van der Waals surface area contributed by atoms with Crippen molar-refractivity contribution in [2.75, 3.05) is 43.5 Å². The molecule has 114 valence electrons. The van der Waals surface area contributed by atoms with Gasteiger partial charge in [-0.05, 0) is 24.3 Å². The van der Waals surface area contributed by atoms with Crippen molar-refractivity contribution in [2.45, 2.75) is 13.3 Å².